The van der Waals surface area contributed by atoms with Crippen LogP contribution < -0.4 is 5.32 Å². The second kappa shape index (κ2) is 4.03. The zero-order valence-corrected chi connectivity index (χ0v) is 8.17. The van der Waals surface area contributed by atoms with Gasteiger partial charge >= 0.3 is 0 Å². The number of quaternary nitrogens is 1. The first-order chi connectivity index (χ1) is 6.36. The Balaban J connectivity index is 2.10. The van der Waals surface area contributed by atoms with Crippen LogP contribution in [0.15, 0.2) is 12.4 Å². The van der Waals surface area contributed by atoms with E-state index >= 15 is 0 Å². The van der Waals surface area contributed by atoms with E-state index in [1.807, 2.05) is 0 Å². The van der Waals surface area contributed by atoms with Crippen molar-refractivity contribution in [1.82, 2.24) is 9.97 Å². The molecular weight excluding hydrogens is 186 g/mol. The maximum Gasteiger partial charge on any atom is 0.131 e. The zero-order valence-electron chi connectivity index (χ0n) is 7.41. The van der Waals surface area contributed by atoms with Gasteiger partial charge in [-0.15, -0.1) is 0 Å². The molecule has 0 spiro atoms. The van der Waals surface area contributed by atoms with E-state index in [0.29, 0.717) is 10.9 Å². The standard InChI is InChI=1S/C9H12ClN3/c10-8-5-12-9(13-6-8)7-1-3-11-4-2-7/h5-7,11H,1-4H2/p+1. The minimum atomic E-state index is 0.544. The van der Waals surface area contributed by atoms with Gasteiger partial charge in [0.05, 0.1) is 18.1 Å². The predicted octanol–water partition coefficient (Wildman–Crippen LogP) is 0.571. The molecule has 70 valence electrons. The SMILES string of the molecule is Clc1cnc(C2CC[NH2+]CC2)nc1. The lowest BCUT2D eigenvalue weighted by molar-refractivity contribution is -0.663. The van der Waals surface area contributed by atoms with Gasteiger partial charge in [0.15, 0.2) is 0 Å². The third kappa shape index (κ3) is 2.17. The molecule has 0 amide bonds. The number of nitrogens with zero attached hydrogens (tertiary/aromatic N) is 2. The molecule has 13 heavy (non-hydrogen) atoms. The van der Waals surface area contributed by atoms with Crippen LogP contribution in [-0.2, 0) is 0 Å². The Bertz CT molecular complexity index is 267. The predicted molar refractivity (Wildman–Crippen MR) is 50.7 cm³/mol. The lowest BCUT2D eigenvalue weighted by Crippen LogP contribution is -2.86. The van der Waals surface area contributed by atoms with E-state index in [-0.39, 0.29) is 0 Å². The average molecular weight is 199 g/mol. The highest BCUT2D eigenvalue weighted by molar-refractivity contribution is 6.30. The van der Waals surface area contributed by atoms with Crippen molar-refractivity contribution in [3.8, 4) is 0 Å². The van der Waals surface area contributed by atoms with Crippen LogP contribution in [0.3, 0.4) is 0 Å². The molecule has 1 aromatic rings. The van der Waals surface area contributed by atoms with Crippen LogP contribution in [0.2, 0.25) is 5.02 Å². The summed E-state index contributed by atoms with van der Waals surface area (Å²) < 4.78 is 0. The van der Waals surface area contributed by atoms with Crippen LogP contribution in [0.4, 0.5) is 0 Å². The van der Waals surface area contributed by atoms with Crippen molar-refractivity contribution in [3.05, 3.63) is 23.2 Å². The fraction of sp³-hybridized carbons (Fsp3) is 0.556. The lowest BCUT2D eigenvalue weighted by atomic mass is 9.97. The minimum absolute atomic E-state index is 0.544. The smallest absolute Gasteiger partial charge is 0.131 e. The van der Waals surface area contributed by atoms with Gasteiger partial charge in [0, 0.05) is 31.2 Å². The Morgan fingerprint density at radius 3 is 2.46 bits per heavy atom. The summed E-state index contributed by atoms with van der Waals surface area (Å²) in [4.78, 5) is 8.49. The normalized spacial score (nSPS) is 18.8. The molecule has 2 heterocycles. The monoisotopic (exact) mass is 198 g/mol. The van der Waals surface area contributed by atoms with Gasteiger partial charge in [0.1, 0.15) is 5.82 Å². The van der Waals surface area contributed by atoms with Gasteiger partial charge in [0.2, 0.25) is 0 Å². The molecule has 1 aromatic heterocycles. The first-order valence-electron chi connectivity index (χ1n) is 4.65. The maximum absolute atomic E-state index is 5.72. The molecule has 0 atom stereocenters. The Hall–Kier alpha value is -0.670. The number of hydrogen-bond donors (Lipinski definition) is 1. The summed E-state index contributed by atoms with van der Waals surface area (Å²) in [6.45, 7) is 2.38. The number of rotatable bonds is 1. The van der Waals surface area contributed by atoms with Crippen molar-refractivity contribution >= 4 is 11.6 Å². The van der Waals surface area contributed by atoms with E-state index in [1.165, 1.54) is 25.9 Å². The van der Waals surface area contributed by atoms with Crippen molar-refractivity contribution in [3.63, 3.8) is 0 Å². The van der Waals surface area contributed by atoms with Crippen LogP contribution in [-0.4, -0.2) is 23.1 Å². The summed E-state index contributed by atoms with van der Waals surface area (Å²) in [6.07, 6.45) is 5.73. The second-order valence-corrected chi connectivity index (χ2v) is 3.84. The van der Waals surface area contributed by atoms with Crippen molar-refractivity contribution in [2.24, 2.45) is 0 Å². The van der Waals surface area contributed by atoms with Crippen LogP contribution in [0, 0.1) is 0 Å². The molecule has 1 aliphatic rings. The average Bonchev–Trinajstić information content (AvgIpc) is 2.20. The molecule has 0 aromatic carbocycles. The van der Waals surface area contributed by atoms with Crippen LogP contribution in [0.5, 0.6) is 0 Å². The number of nitrogens with two attached hydrogens (primary N) is 1. The highest BCUT2D eigenvalue weighted by Gasteiger charge is 2.19. The van der Waals surface area contributed by atoms with Crippen LogP contribution in [0.25, 0.3) is 0 Å². The quantitative estimate of drug-likeness (QED) is 0.717. The third-order valence-electron chi connectivity index (χ3n) is 2.44. The Morgan fingerprint density at radius 1 is 1.23 bits per heavy atom. The number of halogens is 1. The van der Waals surface area contributed by atoms with Gasteiger partial charge in [-0.05, 0) is 0 Å². The van der Waals surface area contributed by atoms with Gasteiger partial charge < -0.3 is 5.32 Å². The van der Waals surface area contributed by atoms with Crippen molar-refractivity contribution < 1.29 is 5.32 Å². The first kappa shape index (κ1) is 8.91. The maximum atomic E-state index is 5.72. The van der Waals surface area contributed by atoms with E-state index in [1.54, 1.807) is 12.4 Å². The first-order valence-corrected chi connectivity index (χ1v) is 5.03. The number of piperidine rings is 1. The molecule has 0 unspecified atom stereocenters. The molecule has 4 heteroatoms. The molecule has 1 fully saturated rings. The molecule has 2 N–H and O–H groups in total. The minimum Gasteiger partial charge on any atom is -0.346 e. The van der Waals surface area contributed by atoms with Gasteiger partial charge in [0.25, 0.3) is 0 Å². The Kier molecular flexibility index (Phi) is 2.76. The van der Waals surface area contributed by atoms with Gasteiger partial charge in [-0.25, -0.2) is 9.97 Å². The molecule has 0 radical (unpaired) electrons. The molecule has 1 aliphatic heterocycles. The van der Waals surface area contributed by atoms with Gasteiger partial charge in [-0.3, -0.25) is 0 Å². The fourth-order valence-electron chi connectivity index (χ4n) is 1.72. The van der Waals surface area contributed by atoms with Gasteiger partial charge in [-0.2, -0.15) is 0 Å². The summed E-state index contributed by atoms with van der Waals surface area (Å²) >= 11 is 5.72. The fourth-order valence-corrected chi connectivity index (χ4v) is 1.82. The summed E-state index contributed by atoms with van der Waals surface area (Å²) in [6, 6.07) is 0. The molecule has 2 rings (SSSR count). The van der Waals surface area contributed by atoms with E-state index in [4.69, 9.17) is 11.6 Å². The summed E-state index contributed by atoms with van der Waals surface area (Å²) in [7, 11) is 0. The number of hydrogen-bond acceptors (Lipinski definition) is 2. The lowest BCUT2D eigenvalue weighted by Gasteiger charge is -2.18. The second-order valence-electron chi connectivity index (χ2n) is 3.40. The molecule has 0 saturated carbocycles. The van der Waals surface area contributed by atoms with Crippen molar-refractivity contribution in [2.75, 3.05) is 13.1 Å². The van der Waals surface area contributed by atoms with E-state index < -0.39 is 0 Å². The summed E-state index contributed by atoms with van der Waals surface area (Å²) in [5.41, 5.74) is 0. The molecule has 3 nitrogen and oxygen atoms in total. The largest absolute Gasteiger partial charge is 0.346 e. The number of aromatic nitrogens is 2. The van der Waals surface area contributed by atoms with Crippen LogP contribution in [0.1, 0.15) is 24.6 Å². The Labute approximate surface area is 82.5 Å². The van der Waals surface area contributed by atoms with E-state index in [9.17, 15) is 0 Å². The topological polar surface area (TPSA) is 42.4 Å². The van der Waals surface area contributed by atoms with Crippen molar-refractivity contribution in [1.29, 1.82) is 0 Å². The molecule has 0 aliphatic carbocycles. The Morgan fingerprint density at radius 2 is 1.85 bits per heavy atom. The van der Waals surface area contributed by atoms with E-state index in [0.717, 1.165) is 5.82 Å². The van der Waals surface area contributed by atoms with Crippen LogP contribution >= 0.6 is 11.6 Å². The zero-order chi connectivity index (χ0) is 9.10. The summed E-state index contributed by atoms with van der Waals surface area (Å²) in [5.74, 6) is 1.50. The van der Waals surface area contributed by atoms with E-state index in [2.05, 4.69) is 15.3 Å². The molecule has 0 bridgehead atoms. The van der Waals surface area contributed by atoms with Gasteiger partial charge in [-0.1, -0.05) is 11.6 Å². The highest BCUT2D eigenvalue weighted by atomic mass is 35.5. The highest BCUT2D eigenvalue weighted by Crippen LogP contribution is 2.20. The molecule has 1 saturated heterocycles. The third-order valence-corrected chi connectivity index (χ3v) is 2.64. The van der Waals surface area contributed by atoms with Crippen molar-refractivity contribution in [2.45, 2.75) is 18.8 Å². The molecular formula is C9H13ClN3+. The summed E-state index contributed by atoms with van der Waals surface area (Å²) in [5, 5.41) is 2.96.